The predicted molar refractivity (Wildman–Crippen MR) is 118 cm³/mol. The topological polar surface area (TPSA) is 38.9 Å². The smallest absolute Gasteiger partial charge is 0.206 e. The summed E-state index contributed by atoms with van der Waals surface area (Å²) in [5.41, 5.74) is 3.25. The first-order valence-electron chi connectivity index (χ1n) is 9.40. The molecule has 1 saturated heterocycles. The van der Waals surface area contributed by atoms with Crippen molar-refractivity contribution < 1.29 is 4.74 Å². The van der Waals surface area contributed by atoms with Crippen LogP contribution in [0.2, 0.25) is 0 Å². The molecule has 0 amide bonds. The summed E-state index contributed by atoms with van der Waals surface area (Å²) in [6.45, 7) is 1.54. The van der Waals surface area contributed by atoms with E-state index in [1.165, 1.54) is 4.90 Å². The van der Waals surface area contributed by atoms with Crippen LogP contribution in [-0.4, -0.2) is 36.4 Å². The fourth-order valence-electron chi connectivity index (χ4n) is 3.11. The highest BCUT2D eigenvalue weighted by atomic mass is 32.2. The number of aromatic nitrogens is 1. The van der Waals surface area contributed by atoms with Crippen LogP contribution in [0.4, 0.5) is 0 Å². The van der Waals surface area contributed by atoms with Crippen molar-refractivity contribution in [2.45, 2.75) is 23.8 Å². The summed E-state index contributed by atoms with van der Waals surface area (Å²) in [6, 6.07) is 18.7. The lowest BCUT2D eigenvalue weighted by atomic mass is 10.2. The molecule has 3 aromatic rings. The molecule has 0 spiro atoms. The molecule has 1 fully saturated rings. The second kappa shape index (κ2) is 9.37. The standard InChI is InChI=1S/C22H23N3OS2/c1-27-20-11-9-17(10-12-20)14-24-25-21(18-6-3-2-4-7-18)16-28-22(25)23-15-19-8-5-13-26-19/h2-4,6-7,9-12,14,16,19H,5,8,13,15H2,1H3/b23-22?,24-14-/t19-/m0/s1. The zero-order valence-electron chi connectivity index (χ0n) is 15.8. The SMILES string of the molecule is CSc1ccc(/C=N\n2c(-c3ccccc3)csc2=NC[C@@H]2CCCO2)cc1. The minimum Gasteiger partial charge on any atom is -0.376 e. The molecule has 2 heterocycles. The molecule has 1 aliphatic rings. The average molecular weight is 410 g/mol. The largest absolute Gasteiger partial charge is 0.376 e. The molecular formula is C22H23N3OS2. The van der Waals surface area contributed by atoms with E-state index in [-0.39, 0.29) is 6.10 Å². The van der Waals surface area contributed by atoms with Crippen LogP contribution in [0, 0.1) is 0 Å². The van der Waals surface area contributed by atoms with Crippen molar-refractivity contribution in [1.82, 2.24) is 4.68 Å². The molecule has 0 radical (unpaired) electrons. The fourth-order valence-corrected chi connectivity index (χ4v) is 4.36. The van der Waals surface area contributed by atoms with E-state index in [9.17, 15) is 0 Å². The van der Waals surface area contributed by atoms with Gasteiger partial charge in [0.1, 0.15) is 0 Å². The van der Waals surface area contributed by atoms with Crippen molar-refractivity contribution in [2.24, 2.45) is 10.1 Å². The van der Waals surface area contributed by atoms with Gasteiger partial charge in [0.15, 0.2) is 0 Å². The van der Waals surface area contributed by atoms with Crippen LogP contribution in [0.15, 0.2) is 75.0 Å². The van der Waals surface area contributed by atoms with Crippen molar-refractivity contribution in [1.29, 1.82) is 0 Å². The third kappa shape index (κ3) is 4.63. The van der Waals surface area contributed by atoms with Gasteiger partial charge in [0.25, 0.3) is 0 Å². The third-order valence-corrected chi connectivity index (χ3v) is 6.24. The Morgan fingerprint density at radius 1 is 1.18 bits per heavy atom. The van der Waals surface area contributed by atoms with E-state index in [0.717, 1.165) is 41.1 Å². The zero-order chi connectivity index (χ0) is 19.2. The first kappa shape index (κ1) is 19.2. The Bertz CT molecular complexity index is 985. The van der Waals surface area contributed by atoms with Crippen LogP contribution in [-0.2, 0) is 4.74 Å². The molecule has 0 N–H and O–H groups in total. The van der Waals surface area contributed by atoms with Crippen LogP contribution in [0.1, 0.15) is 18.4 Å². The Morgan fingerprint density at radius 3 is 2.71 bits per heavy atom. The molecule has 6 heteroatoms. The van der Waals surface area contributed by atoms with Crippen molar-refractivity contribution in [3.05, 3.63) is 70.3 Å². The van der Waals surface area contributed by atoms with Crippen LogP contribution < -0.4 is 4.80 Å². The summed E-state index contributed by atoms with van der Waals surface area (Å²) in [5.74, 6) is 0. The Kier molecular flexibility index (Phi) is 6.41. The second-order valence-corrected chi connectivity index (χ2v) is 8.29. The number of rotatable bonds is 6. The monoisotopic (exact) mass is 409 g/mol. The third-order valence-electron chi connectivity index (χ3n) is 4.65. The summed E-state index contributed by atoms with van der Waals surface area (Å²) < 4.78 is 7.66. The summed E-state index contributed by atoms with van der Waals surface area (Å²) in [4.78, 5) is 6.96. The van der Waals surface area contributed by atoms with E-state index < -0.39 is 0 Å². The molecular weight excluding hydrogens is 386 g/mol. The van der Waals surface area contributed by atoms with Gasteiger partial charge in [0, 0.05) is 22.4 Å². The maximum absolute atomic E-state index is 5.72. The van der Waals surface area contributed by atoms with E-state index in [1.54, 1.807) is 23.1 Å². The van der Waals surface area contributed by atoms with Gasteiger partial charge in [-0.3, -0.25) is 4.99 Å². The second-order valence-electron chi connectivity index (χ2n) is 6.57. The number of thiazole rings is 1. The number of hydrogen-bond acceptors (Lipinski definition) is 5. The molecule has 0 bridgehead atoms. The van der Waals surface area contributed by atoms with Crippen LogP contribution in [0.5, 0.6) is 0 Å². The molecule has 1 aliphatic heterocycles. The molecule has 4 rings (SSSR count). The lowest BCUT2D eigenvalue weighted by Crippen LogP contribution is -2.17. The van der Waals surface area contributed by atoms with E-state index >= 15 is 0 Å². The molecule has 28 heavy (non-hydrogen) atoms. The number of benzene rings is 2. The Hall–Kier alpha value is -2.15. The molecule has 0 aliphatic carbocycles. The molecule has 1 atom stereocenters. The predicted octanol–water partition coefficient (Wildman–Crippen LogP) is 4.90. The number of thioether (sulfide) groups is 1. The molecule has 0 saturated carbocycles. The highest BCUT2D eigenvalue weighted by Crippen LogP contribution is 2.20. The maximum Gasteiger partial charge on any atom is 0.206 e. The molecule has 1 aromatic heterocycles. The maximum atomic E-state index is 5.72. The average Bonchev–Trinajstić information content (AvgIpc) is 3.41. The van der Waals surface area contributed by atoms with Crippen molar-refractivity contribution in [3.8, 4) is 11.3 Å². The summed E-state index contributed by atoms with van der Waals surface area (Å²) in [5, 5.41) is 6.90. The van der Waals surface area contributed by atoms with E-state index in [0.29, 0.717) is 6.54 Å². The van der Waals surface area contributed by atoms with Crippen LogP contribution in [0.3, 0.4) is 0 Å². The van der Waals surface area contributed by atoms with Crippen LogP contribution >= 0.6 is 23.1 Å². The number of ether oxygens (including phenoxy) is 1. The number of hydrogen-bond donors (Lipinski definition) is 0. The Morgan fingerprint density at radius 2 is 2.00 bits per heavy atom. The quantitative estimate of drug-likeness (QED) is 0.429. The number of nitrogens with zero attached hydrogens (tertiary/aromatic N) is 3. The highest BCUT2D eigenvalue weighted by Gasteiger charge is 2.15. The van der Waals surface area contributed by atoms with Crippen LogP contribution in [0.25, 0.3) is 11.3 Å². The van der Waals surface area contributed by atoms with Gasteiger partial charge in [-0.1, -0.05) is 42.5 Å². The van der Waals surface area contributed by atoms with E-state index in [2.05, 4.69) is 48.0 Å². The van der Waals surface area contributed by atoms with Gasteiger partial charge in [-0.2, -0.15) is 5.10 Å². The zero-order valence-corrected chi connectivity index (χ0v) is 17.5. The summed E-state index contributed by atoms with van der Waals surface area (Å²) in [6.07, 6.45) is 6.43. The van der Waals surface area contributed by atoms with Gasteiger partial charge in [-0.25, -0.2) is 4.68 Å². The van der Waals surface area contributed by atoms with Gasteiger partial charge >= 0.3 is 0 Å². The lowest BCUT2D eigenvalue weighted by Gasteiger charge is -2.05. The van der Waals surface area contributed by atoms with Gasteiger partial charge in [0.2, 0.25) is 4.80 Å². The first-order chi connectivity index (χ1) is 13.8. The van der Waals surface area contributed by atoms with E-state index in [1.807, 2.05) is 29.1 Å². The van der Waals surface area contributed by atoms with E-state index in [4.69, 9.17) is 14.8 Å². The Balaban J connectivity index is 1.67. The normalized spacial score (nSPS) is 17.6. The van der Waals surface area contributed by atoms with Gasteiger partial charge in [-0.15, -0.1) is 23.1 Å². The van der Waals surface area contributed by atoms with Crippen molar-refractivity contribution in [3.63, 3.8) is 0 Å². The summed E-state index contributed by atoms with van der Waals surface area (Å²) >= 11 is 3.36. The van der Waals surface area contributed by atoms with Gasteiger partial charge < -0.3 is 4.74 Å². The molecule has 4 nitrogen and oxygen atoms in total. The molecule has 144 valence electrons. The minimum atomic E-state index is 0.235. The first-order valence-corrected chi connectivity index (χ1v) is 11.5. The fraction of sp³-hybridized carbons (Fsp3) is 0.273. The molecule has 0 unspecified atom stereocenters. The molecule has 2 aromatic carbocycles. The van der Waals surface area contributed by atoms with Crippen molar-refractivity contribution in [2.75, 3.05) is 19.4 Å². The Labute approximate surface area is 173 Å². The highest BCUT2D eigenvalue weighted by molar-refractivity contribution is 7.98. The van der Waals surface area contributed by atoms with Crippen molar-refractivity contribution >= 4 is 29.3 Å². The summed E-state index contributed by atoms with van der Waals surface area (Å²) in [7, 11) is 0. The minimum absolute atomic E-state index is 0.235. The van der Waals surface area contributed by atoms with Gasteiger partial charge in [-0.05, 0) is 36.8 Å². The van der Waals surface area contributed by atoms with Gasteiger partial charge in [0.05, 0.1) is 24.6 Å². The lowest BCUT2D eigenvalue weighted by molar-refractivity contribution is 0.117.